The molecule has 0 saturated heterocycles. The van der Waals surface area contributed by atoms with Crippen molar-refractivity contribution in [3.8, 4) is 5.75 Å². The number of ether oxygens (including phenoxy) is 1. The van der Waals surface area contributed by atoms with Gasteiger partial charge in [-0.2, -0.15) is 0 Å². The normalized spacial score (nSPS) is 11.4. The van der Waals surface area contributed by atoms with Crippen LogP contribution in [0.4, 0.5) is 11.4 Å². The zero-order valence-electron chi connectivity index (χ0n) is 28.4. The van der Waals surface area contributed by atoms with Crippen LogP contribution in [0.15, 0.2) is 194 Å². The monoisotopic (exact) mass is 645 g/mol. The predicted molar refractivity (Wildman–Crippen MR) is 213 cm³/mol. The summed E-state index contributed by atoms with van der Waals surface area (Å²) in [5.41, 5.74) is 11.5. The van der Waals surface area contributed by atoms with E-state index in [0.29, 0.717) is 0 Å². The molecule has 0 radical (unpaired) electrons. The van der Waals surface area contributed by atoms with Gasteiger partial charge in [-0.3, -0.25) is 0 Å². The van der Waals surface area contributed by atoms with Gasteiger partial charge in [-0.05, 0) is 76.0 Å². The first-order chi connectivity index (χ1) is 24.7. The molecule has 0 bridgehead atoms. The standard InChI is InChI=1S/C48H39NO/c1-36-25-30-42(31-26-36)49(35-47(38-17-8-4-9-18-38)39-19-10-5-11-20-39)48-34-29-40(45-22-12-13-23-46(45)48)21-14-24-44(37-15-6-3-7-16-37)41-27-32-43(50-2)33-28-41/h3-35H,1-2H3/b21-14+,44-24-. The van der Waals surface area contributed by atoms with Crippen LogP contribution in [0.2, 0.25) is 0 Å². The lowest BCUT2D eigenvalue weighted by atomic mass is 9.96. The molecule has 7 rings (SSSR count). The van der Waals surface area contributed by atoms with Gasteiger partial charge in [0.2, 0.25) is 0 Å². The molecule has 0 aliphatic rings. The Kier molecular flexibility index (Phi) is 9.80. The van der Waals surface area contributed by atoms with Gasteiger partial charge in [-0.1, -0.05) is 169 Å². The van der Waals surface area contributed by atoms with Crippen molar-refractivity contribution in [3.05, 3.63) is 228 Å². The van der Waals surface area contributed by atoms with Crippen LogP contribution in [-0.2, 0) is 0 Å². The van der Waals surface area contributed by atoms with Crippen LogP contribution in [0, 0.1) is 6.92 Å². The lowest BCUT2D eigenvalue weighted by Crippen LogP contribution is -2.11. The molecule has 50 heavy (non-hydrogen) atoms. The van der Waals surface area contributed by atoms with Gasteiger partial charge in [0.15, 0.2) is 0 Å². The molecule has 242 valence electrons. The summed E-state index contributed by atoms with van der Waals surface area (Å²) in [4.78, 5) is 2.34. The van der Waals surface area contributed by atoms with Crippen LogP contribution in [0.5, 0.6) is 5.75 Å². The summed E-state index contributed by atoms with van der Waals surface area (Å²) in [6.45, 7) is 2.13. The summed E-state index contributed by atoms with van der Waals surface area (Å²) in [5.74, 6) is 0.845. The van der Waals surface area contributed by atoms with E-state index in [-0.39, 0.29) is 0 Å². The third-order valence-electron chi connectivity index (χ3n) is 8.96. The molecule has 0 heterocycles. The number of allylic oxidation sites excluding steroid dienone is 2. The van der Waals surface area contributed by atoms with Gasteiger partial charge in [0.1, 0.15) is 5.75 Å². The fourth-order valence-corrected chi connectivity index (χ4v) is 6.33. The molecule has 0 fully saturated rings. The third kappa shape index (κ3) is 7.21. The Morgan fingerprint density at radius 2 is 1.02 bits per heavy atom. The fraction of sp³-hybridized carbons (Fsp3) is 0.0417. The molecule has 0 N–H and O–H groups in total. The number of methoxy groups -OCH3 is 1. The van der Waals surface area contributed by atoms with Gasteiger partial charge < -0.3 is 9.64 Å². The summed E-state index contributed by atoms with van der Waals surface area (Å²) in [5, 5.41) is 2.36. The first-order valence-corrected chi connectivity index (χ1v) is 17.0. The van der Waals surface area contributed by atoms with Crippen molar-refractivity contribution in [2.45, 2.75) is 6.92 Å². The largest absolute Gasteiger partial charge is 0.497 e. The van der Waals surface area contributed by atoms with Gasteiger partial charge in [-0.25, -0.2) is 0 Å². The van der Waals surface area contributed by atoms with E-state index in [1.165, 1.54) is 16.3 Å². The van der Waals surface area contributed by atoms with Crippen molar-refractivity contribution >= 4 is 39.4 Å². The SMILES string of the molecule is COc1ccc(/C(=C\C=C\c2ccc(N(C=C(c3ccccc3)c3ccccc3)c3ccc(C)cc3)c3ccccc23)c2ccccc2)cc1. The number of aryl methyl sites for hydroxylation is 1. The van der Waals surface area contributed by atoms with Crippen molar-refractivity contribution < 1.29 is 4.74 Å². The van der Waals surface area contributed by atoms with E-state index in [0.717, 1.165) is 56.1 Å². The minimum atomic E-state index is 0.845. The average Bonchev–Trinajstić information content (AvgIpc) is 3.19. The molecule has 7 aromatic carbocycles. The van der Waals surface area contributed by atoms with E-state index < -0.39 is 0 Å². The zero-order chi connectivity index (χ0) is 34.1. The highest BCUT2D eigenvalue weighted by Crippen LogP contribution is 2.37. The van der Waals surface area contributed by atoms with Crippen LogP contribution in [0.25, 0.3) is 28.0 Å². The number of anilines is 2. The maximum atomic E-state index is 5.42. The molecule has 2 heteroatoms. The zero-order valence-corrected chi connectivity index (χ0v) is 28.4. The Morgan fingerprint density at radius 1 is 0.500 bits per heavy atom. The second-order valence-electron chi connectivity index (χ2n) is 12.2. The van der Waals surface area contributed by atoms with Crippen LogP contribution in [0.3, 0.4) is 0 Å². The van der Waals surface area contributed by atoms with Gasteiger partial charge in [-0.15, -0.1) is 0 Å². The van der Waals surface area contributed by atoms with E-state index in [4.69, 9.17) is 4.74 Å². The van der Waals surface area contributed by atoms with Gasteiger partial charge >= 0.3 is 0 Å². The van der Waals surface area contributed by atoms with Crippen molar-refractivity contribution in [1.82, 2.24) is 0 Å². The molecule has 0 spiro atoms. The smallest absolute Gasteiger partial charge is 0.118 e. The summed E-state index contributed by atoms with van der Waals surface area (Å²) in [6, 6.07) is 62.0. The van der Waals surface area contributed by atoms with Gasteiger partial charge in [0.25, 0.3) is 0 Å². The maximum Gasteiger partial charge on any atom is 0.118 e. The van der Waals surface area contributed by atoms with Crippen LogP contribution < -0.4 is 9.64 Å². The Morgan fingerprint density at radius 3 is 1.60 bits per heavy atom. The molecule has 7 aromatic rings. The lowest BCUT2D eigenvalue weighted by Gasteiger charge is -2.25. The van der Waals surface area contributed by atoms with Crippen LogP contribution in [-0.4, -0.2) is 7.11 Å². The lowest BCUT2D eigenvalue weighted by molar-refractivity contribution is 0.415. The Balaban J connectivity index is 1.35. The second kappa shape index (κ2) is 15.2. The Labute approximate surface area is 295 Å². The van der Waals surface area contributed by atoms with Crippen LogP contribution >= 0.6 is 0 Å². The van der Waals surface area contributed by atoms with Gasteiger partial charge in [0, 0.05) is 22.8 Å². The minimum absolute atomic E-state index is 0.845. The van der Waals surface area contributed by atoms with E-state index >= 15 is 0 Å². The first-order valence-electron chi connectivity index (χ1n) is 17.0. The number of hydrogen-bond acceptors (Lipinski definition) is 2. The molecule has 0 aromatic heterocycles. The van der Waals surface area contributed by atoms with Crippen molar-refractivity contribution in [2.24, 2.45) is 0 Å². The highest BCUT2D eigenvalue weighted by Gasteiger charge is 2.15. The molecule has 0 unspecified atom stereocenters. The second-order valence-corrected chi connectivity index (χ2v) is 12.2. The van der Waals surface area contributed by atoms with E-state index in [1.54, 1.807) is 7.11 Å². The predicted octanol–water partition coefficient (Wildman–Crippen LogP) is 12.5. The Bertz CT molecular complexity index is 2220. The number of fused-ring (bicyclic) bond motifs is 1. The molecule has 0 amide bonds. The molecule has 0 aliphatic heterocycles. The highest BCUT2D eigenvalue weighted by molar-refractivity contribution is 6.02. The topological polar surface area (TPSA) is 12.5 Å². The molecular weight excluding hydrogens is 607 g/mol. The van der Waals surface area contributed by atoms with Crippen molar-refractivity contribution in [2.75, 3.05) is 12.0 Å². The summed E-state index contributed by atoms with van der Waals surface area (Å²) >= 11 is 0. The van der Waals surface area contributed by atoms with Gasteiger partial charge in [0.05, 0.1) is 12.8 Å². The number of benzene rings is 7. The summed E-state index contributed by atoms with van der Waals surface area (Å²) < 4.78 is 5.42. The molecule has 0 saturated carbocycles. The molecular formula is C48H39NO. The van der Waals surface area contributed by atoms with Crippen molar-refractivity contribution in [3.63, 3.8) is 0 Å². The van der Waals surface area contributed by atoms with E-state index in [1.807, 2.05) is 12.1 Å². The Hall–Kier alpha value is -6.38. The maximum absolute atomic E-state index is 5.42. The highest BCUT2D eigenvalue weighted by atomic mass is 16.5. The average molecular weight is 646 g/mol. The summed E-state index contributed by atoms with van der Waals surface area (Å²) in [6.07, 6.45) is 8.86. The fourth-order valence-electron chi connectivity index (χ4n) is 6.33. The van der Waals surface area contributed by atoms with Crippen molar-refractivity contribution in [1.29, 1.82) is 0 Å². The quantitative estimate of drug-likeness (QED) is 0.137. The van der Waals surface area contributed by atoms with Crippen LogP contribution in [0.1, 0.15) is 33.4 Å². The molecule has 2 nitrogen and oxygen atoms in total. The molecule has 0 atom stereocenters. The number of rotatable bonds is 10. The molecule has 0 aliphatic carbocycles. The van der Waals surface area contributed by atoms with E-state index in [9.17, 15) is 0 Å². The summed E-state index contributed by atoms with van der Waals surface area (Å²) in [7, 11) is 1.70. The van der Waals surface area contributed by atoms with E-state index in [2.05, 4.69) is 200 Å². The number of nitrogens with zero attached hydrogens (tertiary/aromatic N) is 1. The first kappa shape index (κ1) is 32.2. The minimum Gasteiger partial charge on any atom is -0.497 e. The third-order valence-corrected chi connectivity index (χ3v) is 8.96. The number of hydrogen-bond donors (Lipinski definition) is 0.